The first-order chi connectivity index (χ1) is 12.2. The van der Waals surface area contributed by atoms with E-state index in [2.05, 4.69) is 24.8 Å². The Labute approximate surface area is 157 Å². The van der Waals surface area contributed by atoms with E-state index >= 15 is 0 Å². The van der Waals surface area contributed by atoms with Gasteiger partial charge in [0.25, 0.3) is 0 Å². The van der Waals surface area contributed by atoms with Crippen molar-refractivity contribution in [2.45, 2.75) is 4.90 Å². The van der Waals surface area contributed by atoms with Crippen molar-refractivity contribution in [3.63, 3.8) is 0 Å². The molecule has 0 unspecified atom stereocenters. The Hall–Kier alpha value is -1.99. The molecule has 0 bridgehead atoms. The standard InChI is InChI=1S/C17H21ClN6S/c18-14-2-4-15(5-3-14)25-13-8-20-16(19)23-9-11-24(12-10-23)17-21-6-1-7-22-17/h1-7H,8-13H2,(H2,19,20). The number of nitrogens with zero attached hydrogens (tertiary/aromatic N) is 5. The molecule has 2 heterocycles. The first-order valence-corrected chi connectivity index (χ1v) is 9.54. The van der Waals surface area contributed by atoms with Crippen molar-refractivity contribution in [2.24, 2.45) is 10.7 Å². The SMILES string of the molecule is NC(=NCCSc1ccc(Cl)cc1)N1CCN(c2ncccn2)CC1. The number of hydrogen-bond donors (Lipinski definition) is 1. The van der Waals surface area contributed by atoms with Gasteiger partial charge in [0, 0.05) is 54.2 Å². The van der Waals surface area contributed by atoms with E-state index in [1.165, 1.54) is 4.90 Å². The second kappa shape index (κ2) is 8.92. The molecule has 3 rings (SSSR count). The average molecular weight is 377 g/mol. The summed E-state index contributed by atoms with van der Waals surface area (Å²) in [5.74, 6) is 2.28. The smallest absolute Gasteiger partial charge is 0.225 e. The van der Waals surface area contributed by atoms with E-state index in [0.29, 0.717) is 12.5 Å². The number of benzene rings is 1. The van der Waals surface area contributed by atoms with Crippen LogP contribution in [0.25, 0.3) is 0 Å². The molecule has 1 aromatic carbocycles. The van der Waals surface area contributed by atoms with Crippen molar-refractivity contribution in [1.82, 2.24) is 14.9 Å². The first-order valence-electron chi connectivity index (χ1n) is 8.17. The molecule has 132 valence electrons. The number of hydrogen-bond acceptors (Lipinski definition) is 5. The van der Waals surface area contributed by atoms with E-state index < -0.39 is 0 Å². The third-order valence-electron chi connectivity index (χ3n) is 3.89. The molecule has 0 aliphatic carbocycles. The highest BCUT2D eigenvalue weighted by Crippen LogP contribution is 2.20. The number of halogens is 1. The maximum atomic E-state index is 6.13. The van der Waals surface area contributed by atoms with Crippen LogP contribution < -0.4 is 10.6 Å². The summed E-state index contributed by atoms with van der Waals surface area (Å²) in [7, 11) is 0. The van der Waals surface area contributed by atoms with Crippen molar-refractivity contribution in [2.75, 3.05) is 43.4 Å². The normalized spacial score (nSPS) is 15.5. The van der Waals surface area contributed by atoms with Crippen LogP contribution in [0.5, 0.6) is 0 Å². The van der Waals surface area contributed by atoms with Crippen LogP contribution in [0.3, 0.4) is 0 Å². The minimum Gasteiger partial charge on any atom is -0.370 e. The molecule has 1 fully saturated rings. The summed E-state index contributed by atoms with van der Waals surface area (Å²) in [6.07, 6.45) is 3.53. The van der Waals surface area contributed by atoms with E-state index in [1.54, 1.807) is 24.2 Å². The number of guanidine groups is 1. The number of rotatable bonds is 5. The summed E-state index contributed by atoms with van der Waals surface area (Å²) in [5, 5.41) is 0.756. The van der Waals surface area contributed by atoms with Crippen molar-refractivity contribution in [1.29, 1.82) is 0 Å². The molecule has 0 amide bonds. The van der Waals surface area contributed by atoms with Gasteiger partial charge in [0.15, 0.2) is 5.96 Å². The minimum atomic E-state index is 0.616. The number of piperazine rings is 1. The molecule has 2 aromatic rings. The van der Waals surface area contributed by atoms with E-state index in [9.17, 15) is 0 Å². The Morgan fingerprint density at radius 3 is 2.48 bits per heavy atom. The minimum absolute atomic E-state index is 0.616. The Morgan fingerprint density at radius 2 is 1.80 bits per heavy atom. The van der Waals surface area contributed by atoms with Gasteiger partial charge in [-0.15, -0.1) is 11.8 Å². The van der Waals surface area contributed by atoms with Gasteiger partial charge in [-0.25, -0.2) is 9.97 Å². The Balaban J connectivity index is 1.42. The van der Waals surface area contributed by atoms with Gasteiger partial charge >= 0.3 is 0 Å². The van der Waals surface area contributed by atoms with Crippen molar-refractivity contribution in [3.8, 4) is 0 Å². The maximum Gasteiger partial charge on any atom is 0.225 e. The average Bonchev–Trinajstić information content (AvgIpc) is 2.67. The zero-order chi connectivity index (χ0) is 17.5. The fourth-order valence-corrected chi connectivity index (χ4v) is 3.42. The van der Waals surface area contributed by atoms with Crippen LogP contribution in [-0.4, -0.2) is 59.3 Å². The van der Waals surface area contributed by atoms with Crippen LogP contribution in [0.15, 0.2) is 52.6 Å². The van der Waals surface area contributed by atoms with Crippen LogP contribution in [0.1, 0.15) is 0 Å². The van der Waals surface area contributed by atoms with Gasteiger partial charge in [0.05, 0.1) is 6.54 Å². The number of thioether (sulfide) groups is 1. The zero-order valence-corrected chi connectivity index (χ0v) is 15.5. The van der Waals surface area contributed by atoms with Gasteiger partial charge < -0.3 is 15.5 Å². The van der Waals surface area contributed by atoms with Crippen LogP contribution in [0, 0.1) is 0 Å². The van der Waals surface area contributed by atoms with Gasteiger partial charge in [-0.3, -0.25) is 4.99 Å². The summed E-state index contributed by atoms with van der Waals surface area (Å²) < 4.78 is 0. The zero-order valence-electron chi connectivity index (χ0n) is 13.9. The quantitative estimate of drug-likeness (QED) is 0.374. The fourth-order valence-electron chi connectivity index (χ4n) is 2.54. The van der Waals surface area contributed by atoms with Gasteiger partial charge in [0.2, 0.25) is 5.95 Å². The molecule has 1 saturated heterocycles. The molecule has 1 aliphatic heterocycles. The molecule has 0 atom stereocenters. The molecular weight excluding hydrogens is 356 g/mol. The third-order valence-corrected chi connectivity index (χ3v) is 5.13. The molecule has 1 aromatic heterocycles. The highest BCUT2D eigenvalue weighted by Gasteiger charge is 2.19. The molecule has 6 nitrogen and oxygen atoms in total. The second-order valence-electron chi connectivity index (χ2n) is 5.57. The van der Waals surface area contributed by atoms with Crippen LogP contribution in [0.2, 0.25) is 5.02 Å². The van der Waals surface area contributed by atoms with E-state index in [4.69, 9.17) is 17.3 Å². The van der Waals surface area contributed by atoms with Gasteiger partial charge in [-0.1, -0.05) is 11.6 Å². The van der Waals surface area contributed by atoms with Gasteiger partial charge in [-0.2, -0.15) is 0 Å². The van der Waals surface area contributed by atoms with E-state index in [1.807, 2.05) is 30.3 Å². The van der Waals surface area contributed by atoms with Crippen LogP contribution in [-0.2, 0) is 0 Å². The third kappa shape index (κ3) is 5.24. The number of anilines is 1. The molecule has 1 aliphatic rings. The largest absolute Gasteiger partial charge is 0.370 e. The Kier molecular flexibility index (Phi) is 6.36. The summed E-state index contributed by atoms with van der Waals surface area (Å²) in [6, 6.07) is 9.66. The number of aliphatic imine (C=N–C) groups is 1. The topological polar surface area (TPSA) is 70.6 Å². The number of aromatic nitrogens is 2. The van der Waals surface area contributed by atoms with Crippen LogP contribution >= 0.6 is 23.4 Å². The van der Waals surface area contributed by atoms with Gasteiger partial charge in [0.1, 0.15) is 0 Å². The molecule has 0 saturated carbocycles. The lowest BCUT2D eigenvalue weighted by atomic mass is 10.3. The lowest BCUT2D eigenvalue weighted by Gasteiger charge is -2.35. The summed E-state index contributed by atoms with van der Waals surface area (Å²) in [4.78, 5) is 18.6. The molecule has 25 heavy (non-hydrogen) atoms. The summed E-state index contributed by atoms with van der Waals surface area (Å²) >= 11 is 7.64. The monoisotopic (exact) mass is 376 g/mol. The van der Waals surface area contributed by atoms with Gasteiger partial charge in [-0.05, 0) is 30.3 Å². The molecule has 0 spiro atoms. The second-order valence-corrected chi connectivity index (χ2v) is 7.17. The van der Waals surface area contributed by atoms with E-state index in [0.717, 1.165) is 42.9 Å². The van der Waals surface area contributed by atoms with Crippen molar-refractivity contribution >= 4 is 35.3 Å². The predicted octanol–water partition coefficient (Wildman–Crippen LogP) is 2.36. The Bertz CT molecular complexity index is 686. The lowest BCUT2D eigenvalue weighted by Crippen LogP contribution is -2.51. The summed E-state index contributed by atoms with van der Waals surface area (Å²) in [5.41, 5.74) is 6.13. The molecule has 0 radical (unpaired) electrons. The predicted molar refractivity (Wildman–Crippen MR) is 104 cm³/mol. The first kappa shape index (κ1) is 17.8. The molecule has 8 heteroatoms. The number of nitrogens with two attached hydrogens (primary N) is 1. The highest BCUT2D eigenvalue weighted by molar-refractivity contribution is 7.99. The van der Waals surface area contributed by atoms with E-state index in [-0.39, 0.29) is 0 Å². The van der Waals surface area contributed by atoms with Crippen molar-refractivity contribution < 1.29 is 0 Å². The fraction of sp³-hybridized carbons (Fsp3) is 0.353. The Morgan fingerprint density at radius 1 is 1.12 bits per heavy atom. The summed E-state index contributed by atoms with van der Waals surface area (Å²) in [6.45, 7) is 4.05. The molecular formula is C17H21ClN6S. The maximum absolute atomic E-state index is 6.13. The molecule has 2 N–H and O–H groups in total. The van der Waals surface area contributed by atoms with Crippen LogP contribution in [0.4, 0.5) is 5.95 Å². The highest BCUT2D eigenvalue weighted by atomic mass is 35.5. The lowest BCUT2D eigenvalue weighted by molar-refractivity contribution is 0.378. The van der Waals surface area contributed by atoms with Crippen molar-refractivity contribution in [3.05, 3.63) is 47.7 Å².